The second kappa shape index (κ2) is 7.78. The molecular formula is C21H25ClN6O3S. The maximum absolute atomic E-state index is 12.6. The van der Waals surface area contributed by atoms with Gasteiger partial charge >= 0.3 is 0 Å². The van der Waals surface area contributed by atoms with Crippen LogP contribution in [0.4, 0.5) is 11.8 Å². The molecule has 3 atom stereocenters. The van der Waals surface area contributed by atoms with E-state index in [2.05, 4.69) is 25.2 Å². The molecule has 3 fully saturated rings. The summed E-state index contributed by atoms with van der Waals surface area (Å²) >= 11 is 5.96. The van der Waals surface area contributed by atoms with Crippen LogP contribution in [0.2, 0.25) is 5.02 Å². The topological polar surface area (TPSA) is 113 Å². The van der Waals surface area contributed by atoms with Crippen molar-refractivity contribution in [2.75, 3.05) is 22.8 Å². The maximum Gasteiger partial charge on any atom is 0.238 e. The Labute approximate surface area is 193 Å². The predicted molar refractivity (Wildman–Crippen MR) is 120 cm³/mol. The van der Waals surface area contributed by atoms with Crippen molar-refractivity contribution in [3.63, 3.8) is 0 Å². The van der Waals surface area contributed by atoms with Gasteiger partial charge in [0.2, 0.25) is 11.8 Å². The Bertz CT molecular complexity index is 1050. The molecule has 0 radical (unpaired) electrons. The first kappa shape index (κ1) is 20.6. The average molecular weight is 477 g/mol. The third-order valence-corrected chi connectivity index (χ3v) is 8.67. The molecule has 0 amide bonds. The number of aliphatic hydroxyl groups is 1. The van der Waals surface area contributed by atoms with Crippen molar-refractivity contribution in [1.82, 2.24) is 19.9 Å². The molecule has 2 N–H and O–H groups in total. The van der Waals surface area contributed by atoms with E-state index in [0.29, 0.717) is 27.6 Å². The quantitative estimate of drug-likeness (QED) is 0.672. The standard InChI is InChI=1S/C21H25ClN6O3S/c22-13-8-23-17(24-9-13)12-6-14-2-3-15(7-12)28(14)20-25-18(27-21(10-29)4-1-5-21)16-19(26-20)31-11-32(16)30/h8-9,12,14-15,29H,1-7,10-11H2,(H,25,26,27)/t12?,14?,15?,32-/m1/s1. The first-order chi connectivity index (χ1) is 15.5. The minimum Gasteiger partial charge on any atom is -0.463 e. The molecule has 6 rings (SSSR count). The summed E-state index contributed by atoms with van der Waals surface area (Å²) in [4.78, 5) is 21.3. The third kappa shape index (κ3) is 3.34. The number of halogens is 1. The number of rotatable bonds is 5. The first-order valence-corrected chi connectivity index (χ1v) is 12.8. The molecule has 170 valence electrons. The smallest absolute Gasteiger partial charge is 0.238 e. The molecule has 2 saturated heterocycles. The van der Waals surface area contributed by atoms with Crippen LogP contribution in [-0.2, 0) is 10.8 Å². The van der Waals surface area contributed by atoms with Gasteiger partial charge in [-0.3, -0.25) is 4.21 Å². The van der Waals surface area contributed by atoms with Crippen LogP contribution >= 0.6 is 11.6 Å². The maximum atomic E-state index is 12.6. The molecule has 0 spiro atoms. The van der Waals surface area contributed by atoms with E-state index in [4.69, 9.17) is 21.3 Å². The summed E-state index contributed by atoms with van der Waals surface area (Å²) < 4.78 is 18.2. The molecular weight excluding hydrogens is 452 g/mol. The van der Waals surface area contributed by atoms with Gasteiger partial charge in [-0.15, -0.1) is 0 Å². The monoisotopic (exact) mass is 476 g/mol. The Morgan fingerprint density at radius 1 is 1.22 bits per heavy atom. The number of piperidine rings is 1. The molecule has 2 unspecified atom stereocenters. The van der Waals surface area contributed by atoms with Gasteiger partial charge in [-0.1, -0.05) is 11.6 Å². The molecule has 1 saturated carbocycles. The Morgan fingerprint density at radius 2 is 1.94 bits per heavy atom. The second-order valence-corrected chi connectivity index (χ2v) is 11.0. The zero-order valence-electron chi connectivity index (χ0n) is 17.5. The molecule has 32 heavy (non-hydrogen) atoms. The lowest BCUT2D eigenvalue weighted by atomic mass is 9.77. The Kier molecular flexibility index (Phi) is 5.00. The van der Waals surface area contributed by atoms with Gasteiger partial charge in [-0.2, -0.15) is 9.97 Å². The molecule has 4 aliphatic rings. The van der Waals surface area contributed by atoms with E-state index in [1.807, 2.05) is 0 Å². The lowest BCUT2D eigenvalue weighted by molar-refractivity contribution is 0.143. The van der Waals surface area contributed by atoms with Crippen molar-refractivity contribution >= 4 is 34.2 Å². The normalized spacial score (nSPS) is 29.9. The summed E-state index contributed by atoms with van der Waals surface area (Å²) in [7, 11) is -1.31. The van der Waals surface area contributed by atoms with Crippen LogP contribution in [0, 0.1) is 0 Å². The summed E-state index contributed by atoms with van der Waals surface area (Å²) in [6, 6.07) is 0.567. The average Bonchev–Trinajstić information content (AvgIpc) is 3.27. The minimum absolute atomic E-state index is 0.0202. The highest BCUT2D eigenvalue weighted by atomic mass is 35.5. The molecule has 2 aromatic rings. The molecule has 0 aromatic carbocycles. The van der Waals surface area contributed by atoms with Crippen molar-refractivity contribution in [2.45, 2.75) is 73.4 Å². The second-order valence-electron chi connectivity index (χ2n) is 9.25. The summed E-state index contributed by atoms with van der Waals surface area (Å²) in [6.07, 6.45) is 10.1. The van der Waals surface area contributed by atoms with Crippen LogP contribution in [0.1, 0.15) is 56.7 Å². The van der Waals surface area contributed by atoms with Crippen molar-refractivity contribution in [1.29, 1.82) is 0 Å². The van der Waals surface area contributed by atoms with Crippen molar-refractivity contribution in [2.24, 2.45) is 0 Å². The summed E-state index contributed by atoms with van der Waals surface area (Å²) in [5.74, 6) is 2.77. The minimum atomic E-state index is -1.31. The van der Waals surface area contributed by atoms with Gasteiger partial charge in [0, 0.05) is 30.4 Å². The molecule has 11 heteroatoms. The van der Waals surface area contributed by atoms with Gasteiger partial charge in [0.15, 0.2) is 11.8 Å². The number of nitrogens with zero attached hydrogens (tertiary/aromatic N) is 5. The Morgan fingerprint density at radius 3 is 2.56 bits per heavy atom. The zero-order chi connectivity index (χ0) is 21.9. The Balaban J connectivity index is 1.31. The number of hydrogen-bond donors (Lipinski definition) is 2. The molecule has 2 aromatic heterocycles. The van der Waals surface area contributed by atoms with E-state index in [0.717, 1.165) is 50.8 Å². The number of anilines is 2. The SMILES string of the molecule is O=[S@@]1COc2nc(N3C4CCC3CC(c3ncc(Cl)cn3)C4)nc(NC3(CO)CCC3)c21. The highest BCUT2D eigenvalue weighted by molar-refractivity contribution is 7.85. The fourth-order valence-electron chi connectivity index (χ4n) is 5.51. The van der Waals surface area contributed by atoms with Crippen LogP contribution in [0.3, 0.4) is 0 Å². The summed E-state index contributed by atoms with van der Waals surface area (Å²) in [6.45, 7) is 0.0202. The molecule has 3 aliphatic heterocycles. The van der Waals surface area contributed by atoms with E-state index in [1.165, 1.54) is 0 Å². The highest BCUT2D eigenvalue weighted by Gasteiger charge is 2.45. The van der Waals surface area contributed by atoms with Gasteiger partial charge in [0.1, 0.15) is 21.5 Å². The number of aromatic nitrogens is 4. The van der Waals surface area contributed by atoms with Crippen LogP contribution in [0.25, 0.3) is 0 Å². The first-order valence-electron chi connectivity index (χ1n) is 11.1. The van der Waals surface area contributed by atoms with Crippen LogP contribution in [0.5, 0.6) is 5.88 Å². The molecule has 9 nitrogen and oxygen atoms in total. The van der Waals surface area contributed by atoms with E-state index in [-0.39, 0.29) is 30.5 Å². The van der Waals surface area contributed by atoms with Crippen LogP contribution in [-0.4, -0.2) is 59.4 Å². The van der Waals surface area contributed by atoms with Gasteiger partial charge < -0.3 is 20.1 Å². The van der Waals surface area contributed by atoms with Gasteiger partial charge in [0.05, 0.1) is 17.2 Å². The largest absolute Gasteiger partial charge is 0.463 e. The fourth-order valence-corrected chi connectivity index (χ4v) is 6.56. The van der Waals surface area contributed by atoms with Crippen molar-refractivity contribution in [3.8, 4) is 5.88 Å². The van der Waals surface area contributed by atoms with Gasteiger partial charge in [0.25, 0.3) is 0 Å². The number of ether oxygens (including phenoxy) is 1. The van der Waals surface area contributed by atoms with Gasteiger partial charge in [-0.25, -0.2) is 9.97 Å². The summed E-state index contributed by atoms with van der Waals surface area (Å²) in [5.41, 5.74) is -0.399. The third-order valence-electron chi connectivity index (χ3n) is 7.32. The number of nitrogens with one attached hydrogen (secondary N) is 1. The molecule has 2 bridgehead atoms. The number of fused-ring (bicyclic) bond motifs is 3. The van der Waals surface area contributed by atoms with Crippen molar-refractivity contribution in [3.05, 3.63) is 23.2 Å². The van der Waals surface area contributed by atoms with E-state index >= 15 is 0 Å². The number of hydrogen-bond acceptors (Lipinski definition) is 9. The molecule has 5 heterocycles. The van der Waals surface area contributed by atoms with E-state index < -0.39 is 16.3 Å². The van der Waals surface area contributed by atoms with Crippen LogP contribution < -0.4 is 15.0 Å². The van der Waals surface area contributed by atoms with E-state index in [9.17, 15) is 9.32 Å². The van der Waals surface area contributed by atoms with Crippen LogP contribution in [0.15, 0.2) is 17.3 Å². The zero-order valence-corrected chi connectivity index (χ0v) is 19.1. The molecule has 1 aliphatic carbocycles. The highest BCUT2D eigenvalue weighted by Crippen LogP contribution is 2.46. The number of aliphatic hydroxyl groups excluding tert-OH is 1. The lowest BCUT2D eigenvalue weighted by Gasteiger charge is -2.42. The predicted octanol–water partition coefficient (Wildman–Crippen LogP) is 2.62. The van der Waals surface area contributed by atoms with E-state index in [1.54, 1.807) is 12.4 Å². The van der Waals surface area contributed by atoms with Crippen molar-refractivity contribution < 1.29 is 14.1 Å². The van der Waals surface area contributed by atoms with Gasteiger partial charge in [-0.05, 0) is 44.9 Å². The summed E-state index contributed by atoms with van der Waals surface area (Å²) in [5, 5.41) is 13.9. The Hall–Kier alpha value is -2.04. The lowest BCUT2D eigenvalue weighted by Crippen LogP contribution is -2.49. The fraction of sp³-hybridized carbons (Fsp3) is 0.619.